The summed E-state index contributed by atoms with van der Waals surface area (Å²) in [7, 11) is 0. The van der Waals surface area contributed by atoms with Crippen molar-refractivity contribution in [2.75, 3.05) is 5.73 Å². The Morgan fingerprint density at radius 2 is 2.00 bits per heavy atom. The summed E-state index contributed by atoms with van der Waals surface area (Å²) < 4.78 is 7.88. The number of benzene rings is 1. The second-order valence-corrected chi connectivity index (χ2v) is 5.73. The number of rotatable bonds is 3. The van der Waals surface area contributed by atoms with Gasteiger partial charge < -0.3 is 14.7 Å². The third-order valence-corrected chi connectivity index (χ3v) is 3.64. The van der Waals surface area contributed by atoms with Crippen molar-refractivity contribution in [3.63, 3.8) is 0 Å². The smallest absolute Gasteiger partial charge is 0.217 e. The van der Waals surface area contributed by atoms with Crippen molar-refractivity contribution in [2.24, 2.45) is 0 Å². The highest BCUT2D eigenvalue weighted by Gasteiger charge is 2.22. The van der Waals surface area contributed by atoms with Crippen molar-refractivity contribution >= 4 is 16.7 Å². The average Bonchev–Trinajstić information content (AvgIpc) is 3.01. The Kier molecular flexibility index (Phi) is 3.20. The average molecular weight is 284 g/mol. The molecule has 2 heterocycles. The number of anilines is 1. The molecule has 110 valence electrons. The van der Waals surface area contributed by atoms with Gasteiger partial charge in [-0.2, -0.15) is 0 Å². The van der Waals surface area contributed by atoms with Gasteiger partial charge in [-0.3, -0.25) is 0 Å². The quantitative estimate of drug-likeness (QED) is 0.745. The van der Waals surface area contributed by atoms with Gasteiger partial charge in [0.2, 0.25) is 5.89 Å². The summed E-state index contributed by atoms with van der Waals surface area (Å²) in [5.74, 6) is 2.83. The number of imidazole rings is 1. The molecule has 0 bridgehead atoms. The largest absolute Gasteiger partial charge is 0.444 e. The number of nitrogens with zero attached hydrogens (tertiary/aromatic N) is 3. The molecule has 2 aromatic heterocycles. The van der Waals surface area contributed by atoms with E-state index < -0.39 is 0 Å². The first-order valence-corrected chi connectivity index (χ1v) is 7.17. The molecule has 0 spiro atoms. The van der Waals surface area contributed by atoms with Gasteiger partial charge in [-0.25, -0.2) is 9.97 Å². The van der Waals surface area contributed by atoms with E-state index in [2.05, 4.69) is 30.3 Å². The van der Waals surface area contributed by atoms with E-state index in [1.165, 1.54) is 0 Å². The zero-order chi connectivity index (χ0) is 15.1. The monoisotopic (exact) mass is 284 g/mol. The molecule has 0 saturated heterocycles. The number of hydrogen-bond donors (Lipinski definition) is 1. The number of oxazole rings is 1. The molecule has 0 fully saturated rings. The van der Waals surface area contributed by atoms with E-state index in [1.54, 1.807) is 6.20 Å². The van der Waals surface area contributed by atoms with Crippen LogP contribution in [0.1, 0.15) is 50.2 Å². The first-order valence-electron chi connectivity index (χ1n) is 7.17. The lowest BCUT2D eigenvalue weighted by Gasteiger charge is -2.16. The summed E-state index contributed by atoms with van der Waals surface area (Å²) >= 11 is 0. The van der Waals surface area contributed by atoms with Crippen LogP contribution in [0.2, 0.25) is 0 Å². The third kappa shape index (κ3) is 2.28. The van der Waals surface area contributed by atoms with Crippen LogP contribution < -0.4 is 5.73 Å². The lowest BCUT2D eigenvalue weighted by molar-refractivity contribution is 0.411. The lowest BCUT2D eigenvalue weighted by atomic mass is 10.2. The molecule has 0 saturated carbocycles. The van der Waals surface area contributed by atoms with E-state index in [1.807, 2.05) is 25.1 Å². The van der Waals surface area contributed by atoms with Crippen LogP contribution in [0, 0.1) is 6.92 Å². The molecule has 21 heavy (non-hydrogen) atoms. The normalized spacial score (nSPS) is 13.2. The van der Waals surface area contributed by atoms with Gasteiger partial charge in [0.05, 0.1) is 17.2 Å². The molecule has 3 aromatic rings. The molecule has 5 heteroatoms. The van der Waals surface area contributed by atoms with Gasteiger partial charge in [-0.15, -0.1) is 0 Å². The highest BCUT2D eigenvalue weighted by atomic mass is 16.4. The topological polar surface area (TPSA) is 69.9 Å². The summed E-state index contributed by atoms with van der Waals surface area (Å²) in [6, 6.07) is 5.81. The van der Waals surface area contributed by atoms with Crippen LogP contribution in [0.5, 0.6) is 0 Å². The van der Waals surface area contributed by atoms with Crippen LogP contribution in [0.15, 0.2) is 28.8 Å². The molecule has 3 rings (SSSR count). The van der Waals surface area contributed by atoms with Crippen molar-refractivity contribution in [3.05, 3.63) is 41.9 Å². The third-order valence-electron chi connectivity index (χ3n) is 3.64. The Bertz CT molecular complexity index is 785. The zero-order valence-corrected chi connectivity index (χ0v) is 12.8. The fourth-order valence-corrected chi connectivity index (χ4v) is 2.62. The standard InChI is InChI=1S/C16H20N4O/c1-9(2)15-19-13-7-12(17)5-6-14(13)20(15)11(4)16-18-8-10(3)21-16/h5-9,11H,17H2,1-4H3. The Labute approximate surface area is 123 Å². The van der Waals surface area contributed by atoms with Crippen LogP contribution in [-0.4, -0.2) is 14.5 Å². The summed E-state index contributed by atoms with van der Waals surface area (Å²) in [6.07, 6.45) is 1.75. The van der Waals surface area contributed by atoms with E-state index in [4.69, 9.17) is 15.1 Å². The molecule has 1 aromatic carbocycles. The molecule has 0 aliphatic heterocycles. The van der Waals surface area contributed by atoms with Gasteiger partial charge in [0.15, 0.2) is 0 Å². The Hall–Kier alpha value is -2.30. The molecule has 5 nitrogen and oxygen atoms in total. The molecule has 0 amide bonds. The van der Waals surface area contributed by atoms with E-state index in [0.717, 1.165) is 28.3 Å². The second-order valence-electron chi connectivity index (χ2n) is 5.73. The number of aryl methyl sites for hydroxylation is 1. The van der Waals surface area contributed by atoms with Gasteiger partial charge in [0.1, 0.15) is 17.6 Å². The molecular weight excluding hydrogens is 264 g/mol. The van der Waals surface area contributed by atoms with E-state index in [0.29, 0.717) is 11.8 Å². The zero-order valence-electron chi connectivity index (χ0n) is 12.8. The lowest BCUT2D eigenvalue weighted by Crippen LogP contribution is -2.12. The maximum absolute atomic E-state index is 5.87. The number of fused-ring (bicyclic) bond motifs is 1. The Balaban J connectivity index is 2.21. The Morgan fingerprint density at radius 3 is 2.62 bits per heavy atom. The van der Waals surface area contributed by atoms with Crippen molar-refractivity contribution in [1.29, 1.82) is 0 Å². The minimum atomic E-state index is -0.00951. The number of aromatic nitrogens is 3. The fraction of sp³-hybridized carbons (Fsp3) is 0.375. The van der Waals surface area contributed by atoms with Crippen LogP contribution in [-0.2, 0) is 0 Å². The number of nitrogens with two attached hydrogens (primary N) is 1. The maximum Gasteiger partial charge on any atom is 0.217 e. The van der Waals surface area contributed by atoms with Crippen molar-refractivity contribution in [1.82, 2.24) is 14.5 Å². The second kappa shape index (κ2) is 4.91. The van der Waals surface area contributed by atoms with Gasteiger partial charge in [0.25, 0.3) is 0 Å². The summed E-state index contributed by atoms with van der Waals surface area (Å²) in [4.78, 5) is 9.10. The highest BCUT2D eigenvalue weighted by Crippen LogP contribution is 2.30. The Morgan fingerprint density at radius 1 is 1.24 bits per heavy atom. The predicted octanol–water partition coefficient (Wildman–Crippen LogP) is 3.65. The summed E-state index contributed by atoms with van der Waals surface area (Å²) in [5.41, 5.74) is 8.56. The van der Waals surface area contributed by atoms with Crippen LogP contribution in [0.25, 0.3) is 11.0 Å². The minimum Gasteiger partial charge on any atom is -0.444 e. The van der Waals surface area contributed by atoms with Crippen LogP contribution in [0.4, 0.5) is 5.69 Å². The van der Waals surface area contributed by atoms with Gasteiger partial charge >= 0.3 is 0 Å². The molecule has 0 radical (unpaired) electrons. The summed E-state index contributed by atoms with van der Waals surface area (Å²) in [6.45, 7) is 8.25. The van der Waals surface area contributed by atoms with Crippen molar-refractivity contribution < 1.29 is 4.42 Å². The van der Waals surface area contributed by atoms with Gasteiger partial charge in [-0.05, 0) is 32.0 Å². The van der Waals surface area contributed by atoms with Crippen molar-refractivity contribution in [2.45, 2.75) is 39.7 Å². The first kappa shape index (κ1) is 13.7. The molecule has 0 aliphatic carbocycles. The molecule has 1 unspecified atom stereocenters. The predicted molar refractivity (Wildman–Crippen MR) is 83.3 cm³/mol. The van der Waals surface area contributed by atoms with Crippen LogP contribution >= 0.6 is 0 Å². The summed E-state index contributed by atoms with van der Waals surface area (Å²) in [5, 5.41) is 0. The molecule has 0 aliphatic rings. The molecule has 2 N–H and O–H groups in total. The number of hydrogen-bond acceptors (Lipinski definition) is 4. The fourth-order valence-electron chi connectivity index (χ4n) is 2.62. The van der Waals surface area contributed by atoms with E-state index in [-0.39, 0.29) is 6.04 Å². The highest BCUT2D eigenvalue weighted by molar-refractivity contribution is 5.80. The van der Waals surface area contributed by atoms with E-state index in [9.17, 15) is 0 Å². The van der Waals surface area contributed by atoms with Crippen molar-refractivity contribution in [3.8, 4) is 0 Å². The molecule has 1 atom stereocenters. The van der Waals surface area contributed by atoms with E-state index >= 15 is 0 Å². The SMILES string of the molecule is Cc1cnc(C(C)n2c(C(C)C)nc3cc(N)ccc32)o1. The van der Waals surface area contributed by atoms with Gasteiger partial charge in [0, 0.05) is 11.6 Å². The minimum absolute atomic E-state index is 0.00951. The number of nitrogen functional groups attached to an aromatic ring is 1. The first-order chi connectivity index (χ1) is 9.97. The molecular formula is C16H20N4O. The van der Waals surface area contributed by atoms with Crippen LogP contribution in [0.3, 0.4) is 0 Å². The van der Waals surface area contributed by atoms with Gasteiger partial charge in [-0.1, -0.05) is 13.8 Å². The maximum atomic E-state index is 5.87.